The van der Waals surface area contributed by atoms with E-state index in [-0.39, 0.29) is 22.4 Å². The molecule has 7 nitrogen and oxygen atoms in total. The molecule has 1 aromatic heterocycles. The second kappa shape index (κ2) is 8.18. The maximum Gasteiger partial charge on any atom is 0.292 e. The van der Waals surface area contributed by atoms with Crippen LogP contribution in [-0.4, -0.2) is 56.0 Å². The van der Waals surface area contributed by atoms with Crippen molar-refractivity contribution in [3.8, 4) is 11.5 Å². The molecule has 0 aliphatic carbocycles. The minimum Gasteiger partial charge on any atom is -0.409 e. The molecule has 2 heterocycles. The second-order valence-corrected chi connectivity index (χ2v) is 9.35. The Balaban J connectivity index is 1.80. The maximum absolute atomic E-state index is 11.8. The third-order valence-electron chi connectivity index (χ3n) is 4.49. The third kappa shape index (κ3) is 4.72. The number of sulfone groups is 1. The average molecular weight is 419 g/mol. The predicted molar refractivity (Wildman–Crippen MR) is 101 cm³/mol. The van der Waals surface area contributed by atoms with E-state index in [1.165, 1.54) is 0 Å². The molecule has 1 fully saturated rings. The SMILES string of the molecule is COCC[NH+](Cn1nc(-c2ccc(Cl)cc2)oc1=S)[C@H]1CCS(=O)(=O)C1. The fraction of sp³-hybridized carbons (Fsp3) is 0.500. The monoisotopic (exact) mass is 418 g/mol. The molecule has 2 aromatic rings. The molecule has 26 heavy (non-hydrogen) atoms. The minimum absolute atomic E-state index is 0.00716. The highest BCUT2D eigenvalue weighted by molar-refractivity contribution is 7.91. The lowest BCUT2D eigenvalue weighted by Gasteiger charge is -2.24. The Morgan fingerprint density at radius 3 is 2.77 bits per heavy atom. The molecule has 0 radical (unpaired) electrons. The van der Waals surface area contributed by atoms with Crippen LogP contribution in [0.15, 0.2) is 28.7 Å². The Morgan fingerprint density at radius 2 is 2.15 bits per heavy atom. The quantitative estimate of drug-likeness (QED) is 0.681. The number of hydrogen-bond donors (Lipinski definition) is 1. The van der Waals surface area contributed by atoms with Gasteiger partial charge in [0.25, 0.3) is 4.84 Å². The highest BCUT2D eigenvalue weighted by Crippen LogP contribution is 2.20. The Bertz CT molecular complexity index is 908. The highest BCUT2D eigenvalue weighted by atomic mass is 35.5. The van der Waals surface area contributed by atoms with Gasteiger partial charge in [-0.1, -0.05) is 11.6 Å². The van der Waals surface area contributed by atoms with Crippen molar-refractivity contribution in [1.82, 2.24) is 9.78 Å². The molecular formula is C16H21ClN3O4S2+. The number of halogens is 1. The lowest BCUT2D eigenvalue weighted by atomic mass is 10.2. The molecule has 1 unspecified atom stereocenters. The van der Waals surface area contributed by atoms with Crippen LogP contribution in [0, 0.1) is 4.84 Å². The van der Waals surface area contributed by atoms with Gasteiger partial charge in [-0.25, -0.2) is 8.42 Å². The molecule has 1 saturated heterocycles. The van der Waals surface area contributed by atoms with E-state index in [0.717, 1.165) is 10.5 Å². The highest BCUT2D eigenvalue weighted by Gasteiger charge is 2.35. The first kappa shape index (κ1) is 19.5. The molecule has 0 saturated carbocycles. The molecule has 1 N–H and O–H groups in total. The zero-order valence-corrected chi connectivity index (χ0v) is 16.7. The number of methoxy groups -OCH3 is 1. The van der Waals surface area contributed by atoms with E-state index in [4.69, 9.17) is 33.0 Å². The molecule has 2 atom stereocenters. The Morgan fingerprint density at radius 1 is 1.42 bits per heavy atom. The lowest BCUT2D eigenvalue weighted by molar-refractivity contribution is -0.945. The summed E-state index contributed by atoms with van der Waals surface area (Å²) in [6.45, 7) is 1.63. The Labute approximate surface area is 162 Å². The van der Waals surface area contributed by atoms with Gasteiger partial charge >= 0.3 is 0 Å². The zero-order valence-electron chi connectivity index (χ0n) is 14.4. The summed E-state index contributed by atoms with van der Waals surface area (Å²) in [6, 6.07) is 7.15. The van der Waals surface area contributed by atoms with E-state index in [1.54, 1.807) is 23.9 Å². The van der Waals surface area contributed by atoms with Crippen LogP contribution in [0.5, 0.6) is 0 Å². The number of rotatable bonds is 7. The summed E-state index contributed by atoms with van der Waals surface area (Å²) in [6.07, 6.45) is 0.636. The molecule has 1 aliphatic rings. The standard InChI is InChI=1S/C16H20ClN3O4S2/c1-23-8-7-19(14-6-9-26(21,22)10-14)11-20-16(25)24-15(18-20)12-2-4-13(17)5-3-12/h2-5,14H,6-11H2,1H3/p+1/t14-/m0/s1. The van der Waals surface area contributed by atoms with E-state index in [1.807, 2.05) is 12.1 Å². The van der Waals surface area contributed by atoms with Crippen molar-refractivity contribution in [3.05, 3.63) is 34.1 Å². The number of nitrogens with zero attached hydrogens (tertiary/aromatic N) is 2. The summed E-state index contributed by atoms with van der Waals surface area (Å²) < 4.78 is 36.1. The first-order chi connectivity index (χ1) is 12.4. The largest absolute Gasteiger partial charge is 0.409 e. The Kier molecular flexibility index (Phi) is 6.13. The van der Waals surface area contributed by atoms with Crippen LogP contribution in [0.1, 0.15) is 6.42 Å². The van der Waals surface area contributed by atoms with E-state index >= 15 is 0 Å². The maximum atomic E-state index is 11.8. The molecule has 0 amide bonds. The van der Waals surface area contributed by atoms with E-state index < -0.39 is 9.84 Å². The summed E-state index contributed by atoms with van der Waals surface area (Å²) in [5, 5.41) is 5.09. The summed E-state index contributed by atoms with van der Waals surface area (Å²) in [7, 11) is -1.33. The van der Waals surface area contributed by atoms with Crippen LogP contribution in [0.3, 0.4) is 0 Å². The number of quaternary nitrogens is 1. The van der Waals surface area contributed by atoms with Gasteiger partial charge in [-0.3, -0.25) is 0 Å². The van der Waals surface area contributed by atoms with Gasteiger partial charge in [0, 0.05) is 24.1 Å². The van der Waals surface area contributed by atoms with Crippen molar-refractivity contribution in [2.45, 2.75) is 19.1 Å². The molecule has 0 bridgehead atoms. The fourth-order valence-electron chi connectivity index (χ4n) is 3.07. The van der Waals surface area contributed by atoms with Gasteiger partial charge in [-0.2, -0.15) is 4.68 Å². The smallest absolute Gasteiger partial charge is 0.292 e. The van der Waals surface area contributed by atoms with Gasteiger partial charge in [0.2, 0.25) is 5.89 Å². The number of benzene rings is 1. The van der Waals surface area contributed by atoms with Crippen molar-refractivity contribution >= 4 is 33.7 Å². The van der Waals surface area contributed by atoms with Crippen LogP contribution >= 0.6 is 23.8 Å². The van der Waals surface area contributed by atoms with Gasteiger partial charge in [-0.05, 0) is 36.5 Å². The average Bonchev–Trinajstić information content (AvgIpc) is 3.14. The van der Waals surface area contributed by atoms with Crippen LogP contribution in [0.25, 0.3) is 11.5 Å². The molecule has 10 heteroatoms. The van der Waals surface area contributed by atoms with Crippen molar-refractivity contribution in [3.63, 3.8) is 0 Å². The number of nitrogens with one attached hydrogen (secondary N) is 1. The Hall–Kier alpha value is -1.26. The van der Waals surface area contributed by atoms with Crippen LogP contribution in [0.2, 0.25) is 5.02 Å². The summed E-state index contributed by atoms with van der Waals surface area (Å²) in [4.78, 5) is 1.32. The van der Waals surface area contributed by atoms with Crippen LogP contribution in [-0.2, 0) is 21.2 Å². The zero-order chi connectivity index (χ0) is 18.7. The first-order valence-electron chi connectivity index (χ1n) is 8.26. The fourth-order valence-corrected chi connectivity index (χ4v) is 5.21. The number of ether oxygens (including phenoxy) is 1. The molecular weight excluding hydrogens is 398 g/mol. The number of hydrogen-bond acceptors (Lipinski definition) is 6. The van der Waals surface area contributed by atoms with Crippen molar-refractivity contribution in [1.29, 1.82) is 0 Å². The minimum atomic E-state index is -2.96. The van der Waals surface area contributed by atoms with E-state index in [0.29, 0.717) is 37.2 Å². The summed E-state index contributed by atoms with van der Waals surface area (Å²) in [5.74, 6) is 0.826. The van der Waals surface area contributed by atoms with Crippen molar-refractivity contribution in [2.75, 3.05) is 31.8 Å². The van der Waals surface area contributed by atoms with Gasteiger partial charge in [0.05, 0.1) is 12.4 Å². The van der Waals surface area contributed by atoms with Gasteiger partial charge in [-0.15, -0.1) is 5.10 Å². The summed E-state index contributed by atoms with van der Waals surface area (Å²) in [5.41, 5.74) is 0.779. The second-order valence-electron chi connectivity index (χ2n) is 6.34. The summed E-state index contributed by atoms with van der Waals surface area (Å²) >= 11 is 11.2. The third-order valence-corrected chi connectivity index (χ3v) is 6.80. The topological polar surface area (TPSA) is 78.8 Å². The molecule has 0 spiro atoms. The van der Waals surface area contributed by atoms with Crippen LogP contribution < -0.4 is 4.90 Å². The first-order valence-corrected chi connectivity index (χ1v) is 10.9. The van der Waals surface area contributed by atoms with Crippen molar-refractivity contribution in [2.24, 2.45) is 0 Å². The predicted octanol–water partition coefficient (Wildman–Crippen LogP) is 1.20. The lowest BCUT2D eigenvalue weighted by Crippen LogP contribution is -3.16. The van der Waals surface area contributed by atoms with Gasteiger partial charge < -0.3 is 14.1 Å². The molecule has 1 aromatic carbocycles. The normalized spacial score (nSPS) is 20.3. The number of aromatic nitrogens is 2. The van der Waals surface area contributed by atoms with Crippen molar-refractivity contribution < 1.29 is 22.5 Å². The van der Waals surface area contributed by atoms with Gasteiger partial charge in [0.1, 0.15) is 18.3 Å². The van der Waals surface area contributed by atoms with E-state index in [9.17, 15) is 8.42 Å². The van der Waals surface area contributed by atoms with E-state index in [2.05, 4.69) is 5.10 Å². The van der Waals surface area contributed by atoms with Crippen LogP contribution in [0.4, 0.5) is 0 Å². The molecule has 1 aliphatic heterocycles. The van der Waals surface area contributed by atoms with Gasteiger partial charge in [0.15, 0.2) is 16.5 Å². The molecule has 142 valence electrons. The molecule has 3 rings (SSSR count).